The van der Waals surface area contributed by atoms with Crippen molar-refractivity contribution in [2.75, 3.05) is 7.11 Å². The summed E-state index contributed by atoms with van der Waals surface area (Å²) >= 11 is 1.58. The van der Waals surface area contributed by atoms with Crippen molar-refractivity contribution in [1.82, 2.24) is 5.32 Å². The van der Waals surface area contributed by atoms with Crippen LogP contribution in [0.4, 0.5) is 4.39 Å². The Morgan fingerprint density at radius 1 is 1.43 bits per heavy atom. The fourth-order valence-corrected chi connectivity index (χ4v) is 2.88. The lowest BCUT2D eigenvalue weighted by Crippen LogP contribution is -2.23. The summed E-state index contributed by atoms with van der Waals surface area (Å²) in [4.78, 5) is 12.6. The van der Waals surface area contributed by atoms with Crippen molar-refractivity contribution in [3.63, 3.8) is 0 Å². The highest BCUT2D eigenvalue weighted by Gasteiger charge is 2.17. The molecule has 0 fully saturated rings. The van der Waals surface area contributed by atoms with Gasteiger partial charge < -0.3 is 10.1 Å². The number of nitrogens with one attached hydrogen (secondary N) is 1. The van der Waals surface area contributed by atoms with Crippen LogP contribution in [-0.2, 0) is 16.1 Å². The SMILES string of the molecule is COC(=O)CC(NCc1cc(F)ccc1C)c1cccs1. The number of carbonyl (C=O) groups excluding carboxylic acids is 1. The van der Waals surface area contributed by atoms with Crippen LogP contribution in [0, 0.1) is 12.7 Å². The largest absolute Gasteiger partial charge is 0.469 e. The van der Waals surface area contributed by atoms with Crippen LogP contribution in [0.1, 0.15) is 28.5 Å². The molecule has 0 saturated heterocycles. The van der Waals surface area contributed by atoms with E-state index in [9.17, 15) is 9.18 Å². The number of halogens is 1. The van der Waals surface area contributed by atoms with Gasteiger partial charge in [0.1, 0.15) is 5.82 Å². The molecule has 0 aliphatic heterocycles. The second-order valence-electron chi connectivity index (χ2n) is 4.80. The number of hydrogen-bond donors (Lipinski definition) is 1. The Kier molecular flexibility index (Phi) is 5.47. The maximum Gasteiger partial charge on any atom is 0.307 e. The minimum Gasteiger partial charge on any atom is -0.469 e. The fraction of sp³-hybridized carbons (Fsp3) is 0.312. The molecule has 2 rings (SSSR count). The summed E-state index contributed by atoms with van der Waals surface area (Å²) in [5.74, 6) is -0.519. The molecule has 112 valence electrons. The lowest BCUT2D eigenvalue weighted by Gasteiger charge is -2.17. The third-order valence-corrected chi connectivity index (χ3v) is 4.32. The van der Waals surface area contributed by atoms with Crippen molar-refractivity contribution in [3.8, 4) is 0 Å². The number of carbonyl (C=O) groups is 1. The van der Waals surface area contributed by atoms with Gasteiger partial charge in [0, 0.05) is 11.4 Å². The van der Waals surface area contributed by atoms with Gasteiger partial charge in [0.25, 0.3) is 0 Å². The average molecular weight is 307 g/mol. The molecule has 0 saturated carbocycles. The van der Waals surface area contributed by atoms with Gasteiger partial charge >= 0.3 is 5.97 Å². The van der Waals surface area contributed by atoms with Gasteiger partial charge in [0.15, 0.2) is 0 Å². The number of hydrogen-bond acceptors (Lipinski definition) is 4. The van der Waals surface area contributed by atoms with Gasteiger partial charge in [-0.05, 0) is 41.6 Å². The molecule has 1 heterocycles. The van der Waals surface area contributed by atoms with Gasteiger partial charge in [-0.15, -0.1) is 11.3 Å². The zero-order valence-corrected chi connectivity index (χ0v) is 12.9. The maximum absolute atomic E-state index is 13.3. The Morgan fingerprint density at radius 2 is 2.24 bits per heavy atom. The second kappa shape index (κ2) is 7.33. The molecule has 0 amide bonds. The number of methoxy groups -OCH3 is 1. The summed E-state index contributed by atoms with van der Waals surface area (Å²) in [6.07, 6.45) is 0.255. The minimum absolute atomic E-state index is 0.125. The van der Waals surface area contributed by atoms with E-state index in [1.54, 1.807) is 17.4 Å². The van der Waals surface area contributed by atoms with Crippen molar-refractivity contribution in [1.29, 1.82) is 0 Å². The van der Waals surface area contributed by atoms with E-state index in [-0.39, 0.29) is 24.2 Å². The minimum atomic E-state index is -0.267. The highest BCUT2D eigenvalue weighted by molar-refractivity contribution is 7.10. The van der Waals surface area contributed by atoms with Gasteiger partial charge in [-0.2, -0.15) is 0 Å². The van der Waals surface area contributed by atoms with Crippen LogP contribution < -0.4 is 5.32 Å². The highest BCUT2D eigenvalue weighted by Crippen LogP contribution is 2.23. The highest BCUT2D eigenvalue weighted by atomic mass is 32.1. The Morgan fingerprint density at radius 3 is 2.90 bits per heavy atom. The molecule has 0 spiro atoms. The van der Waals surface area contributed by atoms with Crippen LogP contribution in [0.15, 0.2) is 35.7 Å². The Hall–Kier alpha value is -1.72. The van der Waals surface area contributed by atoms with Crippen LogP contribution in [0.5, 0.6) is 0 Å². The molecule has 0 aliphatic carbocycles. The quantitative estimate of drug-likeness (QED) is 0.829. The summed E-state index contributed by atoms with van der Waals surface area (Å²) in [5.41, 5.74) is 1.91. The molecular weight excluding hydrogens is 289 g/mol. The third-order valence-electron chi connectivity index (χ3n) is 3.34. The van der Waals surface area contributed by atoms with Crippen molar-refractivity contribution in [2.24, 2.45) is 0 Å². The van der Waals surface area contributed by atoms with E-state index in [2.05, 4.69) is 5.32 Å². The molecule has 1 atom stereocenters. The number of ether oxygens (including phenoxy) is 1. The molecule has 0 radical (unpaired) electrons. The number of rotatable bonds is 6. The smallest absolute Gasteiger partial charge is 0.307 e. The summed E-state index contributed by atoms with van der Waals surface area (Å²) in [5, 5.41) is 5.28. The summed E-state index contributed by atoms with van der Waals surface area (Å²) in [7, 11) is 1.38. The van der Waals surface area contributed by atoms with E-state index < -0.39 is 0 Å². The molecule has 2 aromatic rings. The molecule has 3 nitrogen and oxygen atoms in total. The number of thiophene rings is 1. The molecule has 0 aliphatic rings. The second-order valence-corrected chi connectivity index (χ2v) is 5.78. The normalized spacial score (nSPS) is 12.1. The Labute approximate surface area is 127 Å². The third kappa shape index (κ3) is 4.37. The maximum atomic E-state index is 13.3. The fourth-order valence-electron chi connectivity index (χ4n) is 2.08. The monoisotopic (exact) mass is 307 g/mol. The molecule has 5 heteroatoms. The average Bonchev–Trinajstić information content (AvgIpc) is 3.00. The zero-order chi connectivity index (χ0) is 15.2. The van der Waals surface area contributed by atoms with Gasteiger partial charge in [0.2, 0.25) is 0 Å². The van der Waals surface area contributed by atoms with E-state index in [0.29, 0.717) is 6.54 Å². The Bertz CT molecular complexity index is 598. The molecule has 1 aromatic heterocycles. The van der Waals surface area contributed by atoms with Crippen LogP contribution in [0.3, 0.4) is 0 Å². The van der Waals surface area contributed by atoms with E-state index in [0.717, 1.165) is 16.0 Å². The standard InChI is InChI=1S/C16H18FNO2S/c1-11-5-6-13(17)8-12(11)10-18-14(9-16(19)20-2)15-4-3-7-21-15/h3-8,14,18H,9-10H2,1-2H3. The van der Waals surface area contributed by atoms with E-state index in [4.69, 9.17) is 4.74 Å². The van der Waals surface area contributed by atoms with E-state index in [1.165, 1.54) is 19.2 Å². The van der Waals surface area contributed by atoms with Crippen molar-refractivity contribution in [2.45, 2.75) is 25.9 Å². The van der Waals surface area contributed by atoms with Crippen LogP contribution >= 0.6 is 11.3 Å². The first-order valence-electron chi connectivity index (χ1n) is 6.68. The van der Waals surface area contributed by atoms with Crippen LogP contribution in [-0.4, -0.2) is 13.1 Å². The van der Waals surface area contributed by atoms with E-state index in [1.807, 2.05) is 24.4 Å². The zero-order valence-electron chi connectivity index (χ0n) is 12.1. The molecule has 1 aromatic carbocycles. The lowest BCUT2D eigenvalue weighted by atomic mass is 10.1. The topological polar surface area (TPSA) is 38.3 Å². The lowest BCUT2D eigenvalue weighted by molar-refractivity contribution is -0.141. The number of benzene rings is 1. The van der Waals surface area contributed by atoms with Gasteiger partial charge in [-0.25, -0.2) is 4.39 Å². The number of esters is 1. The van der Waals surface area contributed by atoms with E-state index >= 15 is 0 Å². The molecule has 1 N–H and O–H groups in total. The van der Waals surface area contributed by atoms with Crippen molar-refractivity contribution in [3.05, 3.63) is 57.5 Å². The van der Waals surface area contributed by atoms with Crippen molar-refractivity contribution < 1.29 is 13.9 Å². The summed E-state index contributed by atoms with van der Waals surface area (Å²) < 4.78 is 18.0. The number of aryl methyl sites for hydroxylation is 1. The molecule has 1 unspecified atom stereocenters. The summed E-state index contributed by atoms with van der Waals surface area (Å²) in [6, 6.07) is 8.52. The molecule has 21 heavy (non-hydrogen) atoms. The van der Waals surface area contributed by atoms with Gasteiger partial charge in [0.05, 0.1) is 19.6 Å². The first-order valence-corrected chi connectivity index (χ1v) is 7.56. The summed E-state index contributed by atoms with van der Waals surface area (Å²) in [6.45, 7) is 2.44. The first kappa shape index (κ1) is 15.7. The van der Waals surface area contributed by atoms with Crippen molar-refractivity contribution >= 4 is 17.3 Å². The van der Waals surface area contributed by atoms with Gasteiger partial charge in [-0.1, -0.05) is 12.1 Å². The van der Waals surface area contributed by atoms with Gasteiger partial charge in [-0.3, -0.25) is 4.79 Å². The van der Waals surface area contributed by atoms with Crippen LogP contribution in [0.25, 0.3) is 0 Å². The first-order chi connectivity index (χ1) is 10.1. The Balaban J connectivity index is 2.08. The van der Waals surface area contributed by atoms with Crippen LogP contribution in [0.2, 0.25) is 0 Å². The molecule has 0 bridgehead atoms. The predicted molar refractivity (Wildman–Crippen MR) is 81.7 cm³/mol. The molecular formula is C16H18FNO2S. The predicted octanol–water partition coefficient (Wildman–Crippen LogP) is 3.59.